The molecule has 0 bridgehead atoms. The van der Waals surface area contributed by atoms with Crippen molar-refractivity contribution in [1.29, 1.82) is 0 Å². The Bertz CT molecular complexity index is 1020. The van der Waals surface area contributed by atoms with Crippen LogP contribution in [0, 0.1) is 6.92 Å². The zero-order chi connectivity index (χ0) is 20.4. The lowest BCUT2D eigenvalue weighted by Gasteiger charge is -2.13. The number of thioether (sulfide) groups is 1. The average molecular weight is 437 g/mol. The normalized spacial score (nSPS) is 15.4. The maximum absolute atomic E-state index is 12.5. The van der Waals surface area contributed by atoms with E-state index < -0.39 is 23.6 Å². The summed E-state index contributed by atoms with van der Waals surface area (Å²) in [7, 11) is 0. The van der Waals surface area contributed by atoms with E-state index in [4.69, 9.17) is 23.2 Å². The summed E-state index contributed by atoms with van der Waals surface area (Å²) in [6, 6.07) is 9.45. The lowest BCUT2D eigenvalue weighted by Crippen LogP contribution is -2.36. The fourth-order valence-electron chi connectivity index (χ4n) is 2.42. The number of benzene rings is 2. The van der Waals surface area contributed by atoms with E-state index in [9.17, 15) is 19.5 Å². The monoisotopic (exact) mass is 436 g/mol. The van der Waals surface area contributed by atoms with Crippen molar-refractivity contribution in [3.63, 3.8) is 0 Å². The van der Waals surface area contributed by atoms with Gasteiger partial charge in [0.15, 0.2) is 0 Å². The van der Waals surface area contributed by atoms with Gasteiger partial charge >= 0.3 is 0 Å². The number of hydrogen-bond acceptors (Lipinski definition) is 5. The number of phenols is 1. The highest BCUT2D eigenvalue weighted by Crippen LogP contribution is 2.33. The van der Waals surface area contributed by atoms with Crippen molar-refractivity contribution in [3.05, 3.63) is 62.5 Å². The molecule has 2 N–H and O–H groups in total. The number of rotatable bonds is 4. The first kappa shape index (κ1) is 20.3. The van der Waals surface area contributed by atoms with Crippen molar-refractivity contribution >= 4 is 63.8 Å². The highest BCUT2D eigenvalue weighted by atomic mass is 35.5. The average Bonchev–Trinajstić information content (AvgIpc) is 2.89. The third-order valence-corrected chi connectivity index (χ3v) is 5.52. The Morgan fingerprint density at radius 1 is 1.18 bits per heavy atom. The lowest BCUT2D eigenvalue weighted by molar-refractivity contribution is -0.127. The van der Waals surface area contributed by atoms with Crippen molar-refractivity contribution in [1.82, 2.24) is 4.90 Å². The Hall–Kier alpha value is -2.48. The van der Waals surface area contributed by atoms with Crippen molar-refractivity contribution in [2.45, 2.75) is 6.92 Å². The van der Waals surface area contributed by atoms with Gasteiger partial charge < -0.3 is 10.4 Å². The van der Waals surface area contributed by atoms with Gasteiger partial charge in [-0.05, 0) is 60.2 Å². The number of carbonyl (C=O) groups is 3. The first-order valence-corrected chi connectivity index (χ1v) is 9.62. The molecule has 0 aromatic heterocycles. The molecular weight excluding hydrogens is 423 g/mol. The summed E-state index contributed by atoms with van der Waals surface area (Å²) >= 11 is 12.6. The highest BCUT2D eigenvalue weighted by Gasteiger charge is 2.36. The minimum Gasteiger partial charge on any atom is -0.506 e. The van der Waals surface area contributed by atoms with Gasteiger partial charge in [-0.15, -0.1) is 0 Å². The predicted octanol–water partition coefficient (Wildman–Crippen LogP) is 4.68. The maximum atomic E-state index is 12.5. The summed E-state index contributed by atoms with van der Waals surface area (Å²) in [5.41, 5.74) is 1.89. The number of aromatic hydroxyl groups is 1. The molecule has 0 radical (unpaired) electrons. The van der Waals surface area contributed by atoms with E-state index >= 15 is 0 Å². The second-order valence-corrected chi connectivity index (χ2v) is 7.80. The molecule has 0 spiro atoms. The van der Waals surface area contributed by atoms with Gasteiger partial charge in [-0.1, -0.05) is 35.3 Å². The zero-order valence-corrected chi connectivity index (χ0v) is 16.9. The number of aryl methyl sites for hydroxylation is 1. The van der Waals surface area contributed by atoms with Gasteiger partial charge in [-0.25, -0.2) is 0 Å². The summed E-state index contributed by atoms with van der Waals surface area (Å²) in [6.07, 6.45) is 1.48. The first-order valence-electron chi connectivity index (χ1n) is 8.04. The van der Waals surface area contributed by atoms with Gasteiger partial charge in [0.2, 0.25) is 5.91 Å². The van der Waals surface area contributed by atoms with Gasteiger partial charge in [-0.2, -0.15) is 0 Å². The molecule has 2 aromatic carbocycles. The number of amides is 3. The number of nitrogens with zero attached hydrogens (tertiary/aromatic N) is 1. The van der Waals surface area contributed by atoms with Crippen LogP contribution in [0.1, 0.15) is 11.1 Å². The highest BCUT2D eigenvalue weighted by molar-refractivity contribution is 8.18. The topological polar surface area (TPSA) is 86.7 Å². The van der Waals surface area contributed by atoms with Crippen LogP contribution in [-0.2, 0) is 9.59 Å². The van der Waals surface area contributed by atoms with E-state index in [1.54, 1.807) is 24.3 Å². The van der Waals surface area contributed by atoms with Gasteiger partial charge in [0.05, 0.1) is 9.93 Å². The largest absolute Gasteiger partial charge is 0.506 e. The minimum absolute atomic E-state index is 0.0835. The van der Waals surface area contributed by atoms with E-state index in [1.165, 1.54) is 18.2 Å². The van der Waals surface area contributed by atoms with Crippen molar-refractivity contribution in [3.8, 4) is 5.75 Å². The van der Waals surface area contributed by atoms with Gasteiger partial charge in [0.25, 0.3) is 11.1 Å². The van der Waals surface area contributed by atoms with E-state index in [-0.39, 0.29) is 15.7 Å². The molecule has 3 rings (SSSR count). The zero-order valence-electron chi connectivity index (χ0n) is 14.5. The summed E-state index contributed by atoms with van der Waals surface area (Å²) < 4.78 is 0. The van der Waals surface area contributed by atoms with Crippen LogP contribution < -0.4 is 5.32 Å². The van der Waals surface area contributed by atoms with Gasteiger partial charge in [-0.3, -0.25) is 19.3 Å². The van der Waals surface area contributed by atoms with Crippen molar-refractivity contribution in [2.75, 3.05) is 11.9 Å². The molecule has 6 nitrogen and oxygen atoms in total. The number of phenolic OH excluding ortho intramolecular Hbond substituents is 1. The van der Waals surface area contributed by atoms with Gasteiger partial charge in [0.1, 0.15) is 12.3 Å². The predicted molar refractivity (Wildman–Crippen MR) is 111 cm³/mol. The van der Waals surface area contributed by atoms with E-state index in [2.05, 4.69) is 5.32 Å². The number of imide groups is 1. The molecule has 3 amide bonds. The molecule has 1 saturated heterocycles. The SMILES string of the molecule is Cc1ccc(NC(=O)CN2C(=O)S/C(=C/c3ccc(O)c(Cl)c3)C2=O)cc1Cl. The molecular formula is C19H14Cl2N2O4S. The van der Waals surface area contributed by atoms with E-state index in [1.807, 2.05) is 6.92 Å². The fourth-order valence-corrected chi connectivity index (χ4v) is 3.62. The molecule has 1 fully saturated rings. The molecule has 0 saturated carbocycles. The molecule has 28 heavy (non-hydrogen) atoms. The molecule has 0 aliphatic carbocycles. The van der Waals surface area contributed by atoms with Crippen LogP contribution in [0.4, 0.5) is 10.5 Å². The smallest absolute Gasteiger partial charge is 0.294 e. The Balaban J connectivity index is 1.70. The molecule has 2 aromatic rings. The molecule has 0 unspecified atom stereocenters. The Morgan fingerprint density at radius 3 is 2.61 bits per heavy atom. The first-order chi connectivity index (χ1) is 13.2. The summed E-state index contributed by atoms with van der Waals surface area (Å²) in [5, 5.41) is 12.2. The number of hydrogen-bond donors (Lipinski definition) is 2. The van der Waals surface area contributed by atoms with Crippen LogP contribution in [-0.4, -0.2) is 33.6 Å². The van der Waals surface area contributed by atoms with Crippen LogP contribution in [0.3, 0.4) is 0 Å². The lowest BCUT2D eigenvalue weighted by atomic mass is 10.2. The molecule has 9 heteroatoms. The Kier molecular flexibility index (Phi) is 5.98. The minimum atomic E-state index is -0.573. The molecule has 144 valence electrons. The Morgan fingerprint density at radius 2 is 1.93 bits per heavy atom. The number of anilines is 1. The fraction of sp³-hybridized carbons (Fsp3) is 0.105. The van der Waals surface area contributed by atoms with Crippen molar-refractivity contribution < 1.29 is 19.5 Å². The van der Waals surface area contributed by atoms with Crippen LogP contribution in [0.15, 0.2) is 41.3 Å². The van der Waals surface area contributed by atoms with Crippen LogP contribution in [0.5, 0.6) is 5.75 Å². The van der Waals surface area contributed by atoms with Crippen LogP contribution in [0.2, 0.25) is 10.0 Å². The van der Waals surface area contributed by atoms with Crippen LogP contribution in [0.25, 0.3) is 6.08 Å². The molecule has 1 aliphatic rings. The summed E-state index contributed by atoms with van der Waals surface area (Å²) in [6.45, 7) is 1.42. The third kappa shape index (κ3) is 4.49. The Labute approximate surface area is 175 Å². The van der Waals surface area contributed by atoms with Gasteiger partial charge in [0, 0.05) is 10.7 Å². The molecule has 0 atom stereocenters. The quantitative estimate of drug-likeness (QED) is 0.679. The second-order valence-electron chi connectivity index (χ2n) is 5.99. The van der Waals surface area contributed by atoms with Crippen molar-refractivity contribution in [2.24, 2.45) is 0 Å². The standard InChI is InChI=1S/C19H14Cl2N2O4S/c1-10-2-4-12(8-13(10)20)22-17(25)9-23-18(26)16(28-19(23)27)7-11-3-5-15(24)14(21)6-11/h2-8,24H,9H2,1H3,(H,22,25)/b16-7+. The van der Waals surface area contributed by atoms with E-state index in [0.29, 0.717) is 16.3 Å². The summed E-state index contributed by atoms with van der Waals surface area (Å²) in [5.74, 6) is -1.17. The number of carbonyl (C=O) groups excluding carboxylic acids is 3. The molecule has 1 heterocycles. The third-order valence-electron chi connectivity index (χ3n) is 3.90. The number of halogens is 2. The van der Waals surface area contributed by atoms with E-state index in [0.717, 1.165) is 22.2 Å². The second kappa shape index (κ2) is 8.26. The number of nitrogens with one attached hydrogen (secondary N) is 1. The summed E-state index contributed by atoms with van der Waals surface area (Å²) in [4.78, 5) is 37.9. The van der Waals surface area contributed by atoms with Crippen LogP contribution >= 0.6 is 35.0 Å². The maximum Gasteiger partial charge on any atom is 0.294 e. The molecule has 1 aliphatic heterocycles.